The topological polar surface area (TPSA) is 93.5 Å². The lowest BCUT2D eigenvalue weighted by atomic mass is 9.95. The van der Waals surface area contributed by atoms with Crippen LogP contribution in [0.2, 0.25) is 0 Å². The number of alkyl halides is 3. The van der Waals surface area contributed by atoms with E-state index in [2.05, 4.69) is 10.0 Å². The summed E-state index contributed by atoms with van der Waals surface area (Å²) in [5.74, 6) is -0.0486. The fraction of sp³-hybridized carbons (Fsp3) is 0.400. The highest BCUT2D eigenvalue weighted by Crippen LogP contribution is 2.33. The average molecular weight is 578 g/mol. The standard InChI is InChI=1S/C30H38F3N3O3S/c1-3-4-15-40(37,38)36-27-17-24(20-35-28(30(31,32)33)26-13-9-6-10-14-26)16-25(18-27)21-39-22-29(2,34)19-23-11-7-5-8-12-23/h5-14,16-18,28,35-36H,3-4,15,19-22,34H2,1-2H3. The number of halogens is 3. The largest absolute Gasteiger partial charge is 0.407 e. The molecular weight excluding hydrogens is 539 g/mol. The van der Waals surface area contributed by atoms with Gasteiger partial charge in [-0.3, -0.25) is 10.0 Å². The van der Waals surface area contributed by atoms with Gasteiger partial charge >= 0.3 is 6.18 Å². The second-order valence-corrected chi connectivity index (χ2v) is 12.2. The van der Waals surface area contributed by atoms with E-state index in [1.807, 2.05) is 44.2 Å². The third-order valence-electron chi connectivity index (χ3n) is 6.21. The molecule has 0 aliphatic carbocycles. The minimum absolute atomic E-state index is 0.0486. The Morgan fingerprint density at radius 3 is 2.17 bits per heavy atom. The Bertz CT molecular complexity index is 1300. The van der Waals surface area contributed by atoms with Gasteiger partial charge in [-0.15, -0.1) is 0 Å². The molecule has 6 nitrogen and oxygen atoms in total. The van der Waals surface area contributed by atoms with Crippen LogP contribution in [-0.2, 0) is 34.3 Å². The van der Waals surface area contributed by atoms with Crippen LogP contribution < -0.4 is 15.8 Å². The number of benzene rings is 3. The number of rotatable bonds is 15. The molecule has 0 heterocycles. The molecule has 0 spiro atoms. The van der Waals surface area contributed by atoms with Gasteiger partial charge in [-0.2, -0.15) is 13.2 Å². The molecule has 2 unspecified atom stereocenters. The fourth-order valence-electron chi connectivity index (χ4n) is 4.38. The van der Waals surface area contributed by atoms with Crippen LogP contribution in [0.5, 0.6) is 0 Å². The van der Waals surface area contributed by atoms with Crippen LogP contribution in [0.15, 0.2) is 78.9 Å². The lowest BCUT2D eigenvalue weighted by Gasteiger charge is -2.25. The molecule has 4 N–H and O–H groups in total. The molecule has 0 aliphatic heterocycles. The van der Waals surface area contributed by atoms with Crippen LogP contribution in [0.1, 0.15) is 55.0 Å². The Balaban J connectivity index is 1.77. The normalized spacial score (nSPS) is 14.4. The molecule has 2 atom stereocenters. The third kappa shape index (κ3) is 10.6. The number of hydrogen-bond acceptors (Lipinski definition) is 5. The lowest BCUT2D eigenvalue weighted by Crippen LogP contribution is -2.43. The molecule has 3 rings (SSSR count). The first-order valence-corrected chi connectivity index (χ1v) is 14.9. The number of anilines is 1. The molecular formula is C30H38F3N3O3S. The fourth-order valence-corrected chi connectivity index (χ4v) is 5.62. The van der Waals surface area contributed by atoms with Gasteiger partial charge < -0.3 is 10.5 Å². The highest BCUT2D eigenvalue weighted by atomic mass is 32.2. The van der Waals surface area contributed by atoms with Crippen molar-refractivity contribution >= 4 is 15.7 Å². The van der Waals surface area contributed by atoms with Gasteiger partial charge in [-0.1, -0.05) is 80.1 Å². The van der Waals surface area contributed by atoms with Crippen molar-refractivity contribution in [2.45, 2.75) is 64.0 Å². The van der Waals surface area contributed by atoms with Crippen LogP contribution in [0.25, 0.3) is 0 Å². The van der Waals surface area contributed by atoms with E-state index in [1.165, 1.54) is 12.1 Å². The second-order valence-electron chi connectivity index (χ2n) is 10.4. The molecule has 0 saturated carbocycles. The summed E-state index contributed by atoms with van der Waals surface area (Å²) in [6, 6.07) is 20.4. The number of nitrogens with one attached hydrogen (secondary N) is 2. The zero-order valence-electron chi connectivity index (χ0n) is 22.9. The van der Waals surface area contributed by atoms with Gasteiger partial charge in [0, 0.05) is 17.8 Å². The first kappa shape index (κ1) is 31.6. The van der Waals surface area contributed by atoms with Crippen molar-refractivity contribution in [3.8, 4) is 0 Å². The monoisotopic (exact) mass is 577 g/mol. The van der Waals surface area contributed by atoms with Gasteiger partial charge in [-0.05, 0) is 54.2 Å². The highest BCUT2D eigenvalue weighted by molar-refractivity contribution is 7.92. The Morgan fingerprint density at radius 2 is 1.55 bits per heavy atom. The summed E-state index contributed by atoms with van der Waals surface area (Å²) in [6.07, 6.45) is -2.72. The molecule has 0 radical (unpaired) electrons. The van der Waals surface area contributed by atoms with Gasteiger partial charge in [0.2, 0.25) is 10.0 Å². The Morgan fingerprint density at radius 1 is 0.925 bits per heavy atom. The summed E-state index contributed by atoms with van der Waals surface area (Å²) < 4.78 is 75.2. The van der Waals surface area contributed by atoms with Gasteiger partial charge in [0.15, 0.2) is 0 Å². The molecule has 10 heteroatoms. The van der Waals surface area contributed by atoms with Crippen molar-refractivity contribution in [3.63, 3.8) is 0 Å². The molecule has 0 aromatic heterocycles. The molecule has 0 fully saturated rings. The minimum atomic E-state index is -4.52. The molecule has 0 saturated heterocycles. The molecule has 0 bridgehead atoms. The van der Waals surface area contributed by atoms with Gasteiger partial charge in [0.1, 0.15) is 6.04 Å². The second kappa shape index (κ2) is 14.1. The lowest BCUT2D eigenvalue weighted by molar-refractivity contribution is -0.158. The van der Waals surface area contributed by atoms with Gasteiger partial charge in [0.25, 0.3) is 0 Å². The summed E-state index contributed by atoms with van der Waals surface area (Å²) in [5.41, 5.74) is 8.34. The molecule has 0 aliphatic rings. The van der Waals surface area contributed by atoms with Crippen LogP contribution in [0, 0.1) is 0 Å². The molecule has 218 valence electrons. The molecule has 0 amide bonds. The Hall–Kier alpha value is -2.92. The van der Waals surface area contributed by atoms with E-state index in [0.29, 0.717) is 30.4 Å². The van der Waals surface area contributed by atoms with E-state index in [0.717, 1.165) is 5.56 Å². The predicted octanol–water partition coefficient (Wildman–Crippen LogP) is 6.10. The van der Waals surface area contributed by atoms with E-state index < -0.39 is 27.8 Å². The van der Waals surface area contributed by atoms with Crippen molar-refractivity contribution in [1.82, 2.24) is 5.32 Å². The summed E-state index contributed by atoms with van der Waals surface area (Å²) in [7, 11) is -3.62. The molecule has 3 aromatic rings. The van der Waals surface area contributed by atoms with Crippen molar-refractivity contribution < 1.29 is 26.3 Å². The summed E-state index contributed by atoms with van der Waals surface area (Å²) in [6.45, 7) is 3.98. The summed E-state index contributed by atoms with van der Waals surface area (Å²) in [4.78, 5) is 0. The maximum Gasteiger partial charge on any atom is 0.407 e. The number of unbranched alkanes of at least 4 members (excludes halogenated alkanes) is 1. The minimum Gasteiger partial charge on any atom is -0.375 e. The quantitative estimate of drug-likeness (QED) is 0.203. The molecule has 40 heavy (non-hydrogen) atoms. The Kier molecular flexibility index (Phi) is 11.2. The average Bonchev–Trinajstić information content (AvgIpc) is 2.87. The predicted molar refractivity (Wildman–Crippen MR) is 153 cm³/mol. The maximum atomic E-state index is 13.9. The Labute approximate surface area is 235 Å². The first-order chi connectivity index (χ1) is 18.9. The SMILES string of the molecule is CCCCS(=O)(=O)Nc1cc(CNC(c2ccccc2)C(F)(F)F)cc(COCC(C)(N)Cc2ccccc2)c1. The highest BCUT2D eigenvalue weighted by Gasteiger charge is 2.40. The number of sulfonamides is 1. The van der Waals surface area contributed by atoms with Crippen LogP contribution in [0.3, 0.4) is 0 Å². The number of ether oxygens (including phenoxy) is 1. The van der Waals surface area contributed by atoms with E-state index >= 15 is 0 Å². The van der Waals surface area contributed by atoms with Crippen molar-refractivity contribution in [2.24, 2.45) is 5.73 Å². The van der Waals surface area contributed by atoms with Crippen LogP contribution in [-0.4, -0.2) is 32.5 Å². The zero-order valence-corrected chi connectivity index (χ0v) is 23.7. The number of hydrogen-bond donors (Lipinski definition) is 3. The van der Waals surface area contributed by atoms with Crippen molar-refractivity contribution in [3.05, 3.63) is 101 Å². The van der Waals surface area contributed by atoms with Crippen LogP contribution in [0.4, 0.5) is 18.9 Å². The first-order valence-electron chi connectivity index (χ1n) is 13.3. The summed E-state index contributed by atoms with van der Waals surface area (Å²) in [5, 5.41) is 2.59. The van der Waals surface area contributed by atoms with E-state index in [-0.39, 0.29) is 36.8 Å². The van der Waals surface area contributed by atoms with Crippen molar-refractivity contribution in [2.75, 3.05) is 17.1 Å². The van der Waals surface area contributed by atoms with Gasteiger partial charge in [0.05, 0.1) is 19.0 Å². The number of nitrogens with two attached hydrogens (primary N) is 1. The third-order valence-corrected chi connectivity index (χ3v) is 7.59. The zero-order chi connectivity index (χ0) is 29.2. The van der Waals surface area contributed by atoms with E-state index in [9.17, 15) is 21.6 Å². The maximum absolute atomic E-state index is 13.9. The van der Waals surface area contributed by atoms with E-state index in [1.54, 1.807) is 36.4 Å². The van der Waals surface area contributed by atoms with E-state index in [4.69, 9.17) is 10.5 Å². The van der Waals surface area contributed by atoms with Gasteiger partial charge in [-0.25, -0.2) is 8.42 Å². The summed E-state index contributed by atoms with van der Waals surface area (Å²) >= 11 is 0. The smallest absolute Gasteiger partial charge is 0.375 e. The van der Waals surface area contributed by atoms with Crippen LogP contribution >= 0.6 is 0 Å². The molecule has 3 aromatic carbocycles. The van der Waals surface area contributed by atoms with Crippen molar-refractivity contribution in [1.29, 1.82) is 0 Å².